The van der Waals surface area contributed by atoms with Gasteiger partial charge in [0.25, 0.3) is 0 Å². The largest absolute Gasteiger partial charge is 0.381 e. The first-order valence-corrected chi connectivity index (χ1v) is 8.57. The van der Waals surface area contributed by atoms with Crippen LogP contribution in [-0.4, -0.2) is 24.2 Å². The standard InChI is InChI=1S/C13H24N4O2S/c1-4-7-17-9-11(12(14)15-17)20(18,19)16-10-5-6-13(2,3)8-10/h9-10,16H,4-8H2,1-3H3,(H2,14,15). The molecule has 1 fully saturated rings. The van der Waals surface area contributed by atoms with Crippen molar-refractivity contribution in [2.45, 2.75) is 63.9 Å². The highest BCUT2D eigenvalue weighted by Gasteiger charge is 2.34. The second-order valence-corrected chi connectivity index (χ2v) is 8.05. The highest BCUT2D eigenvalue weighted by Crippen LogP contribution is 2.37. The first-order chi connectivity index (χ1) is 9.23. The van der Waals surface area contributed by atoms with Gasteiger partial charge in [0.05, 0.1) is 0 Å². The predicted octanol–water partition coefficient (Wildman–Crippen LogP) is 1.73. The molecule has 1 aromatic heterocycles. The van der Waals surface area contributed by atoms with Crippen LogP contribution in [-0.2, 0) is 16.6 Å². The van der Waals surface area contributed by atoms with Gasteiger partial charge in [-0.15, -0.1) is 0 Å². The van der Waals surface area contributed by atoms with E-state index in [-0.39, 0.29) is 22.2 Å². The quantitative estimate of drug-likeness (QED) is 0.866. The van der Waals surface area contributed by atoms with Crippen molar-refractivity contribution in [2.75, 3.05) is 5.73 Å². The van der Waals surface area contributed by atoms with Crippen LogP contribution in [0.2, 0.25) is 0 Å². The molecule has 3 N–H and O–H groups in total. The molecule has 0 bridgehead atoms. The van der Waals surface area contributed by atoms with Crippen molar-refractivity contribution in [1.29, 1.82) is 0 Å². The highest BCUT2D eigenvalue weighted by atomic mass is 32.2. The molecule has 1 unspecified atom stereocenters. The van der Waals surface area contributed by atoms with E-state index in [2.05, 4.69) is 23.7 Å². The fourth-order valence-electron chi connectivity index (χ4n) is 2.79. The van der Waals surface area contributed by atoms with Crippen LogP contribution in [0.4, 0.5) is 5.82 Å². The maximum atomic E-state index is 12.4. The first-order valence-electron chi connectivity index (χ1n) is 7.09. The Hall–Kier alpha value is -1.08. The summed E-state index contributed by atoms with van der Waals surface area (Å²) in [5, 5.41) is 4.05. The Kier molecular flexibility index (Phi) is 4.11. The van der Waals surface area contributed by atoms with Gasteiger partial charge in [-0.1, -0.05) is 20.8 Å². The fourth-order valence-corrected chi connectivity index (χ4v) is 4.13. The van der Waals surface area contributed by atoms with E-state index in [0.29, 0.717) is 6.54 Å². The van der Waals surface area contributed by atoms with Gasteiger partial charge in [0.15, 0.2) is 5.82 Å². The maximum absolute atomic E-state index is 12.4. The van der Waals surface area contributed by atoms with E-state index < -0.39 is 10.0 Å². The molecule has 20 heavy (non-hydrogen) atoms. The average molecular weight is 300 g/mol. The topological polar surface area (TPSA) is 90.0 Å². The summed E-state index contributed by atoms with van der Waals surface area (Å²) < 4.78 is 29.1. The molecule has 2 rings (SSSR count). The number of nitrogens with zero attached hydrogens (tertiary/aromatic N) is 2. The zero-order valence-corrected chi connectivity index (χ0v) is 13.2. The number of aromatic nitrogens is 2. The Labute approximate surface area is 120 Å². The average Bonchev–Trinajstić information content (AvgIpc) is 2.82. The van der Waals surface area contributed by atoms with Crippen LogP contribution >= 0.6 is 0 Å². The number of hydrogen-bond donors (Lipinski definition) is 2. The molecular formula is C13H24N4O2S. The van der Waals surface area contributed by atoms with E-state index in [9.17, 15) is 8.42 Å². The number of rotatable bonds is 5. The monoisotopic (exact) mass is 300 g/mol. The van der Waals surface area contributed by atoms with Gasteiger partial charge in [0.1, 0.15) is 4.90 Å². The summed E-state index contributed by atoms with van der Waals surface area (Å²) >= 11 is 0. The summed E-state index contributed by atoms with van der Waals surface area (Å²) in [5.41, 5.74) is 5.93. The summed E-state index contributed by atoms with van der Waals surface area (Å²) in [4.78, 5) is 0.0932. The van der Waals surface area contributed by atoms with Crippen LogP contribution in [0.15, 0.2) is 11.1 Å². The second-order valence-electron chi connectivity index (χ2n) is 6.37. The third-order valence-electron chi connectivity index (χ3n) is 3.79. The van der Waals surface area contributed by atoms with Crippen molar-refractivity contribution in [3.8, 4) is 0 Å². The van der Waals surface area contributed by atoms with Crippen molar-refractivity contribution < 1.29 is 8.42 Å². The predicted molar refractivity (Wildman–Crippen MR) is 78.7 cm³/mol. The van der Waals surface area contributed by atoms with Gasteiger partial charge in [0.2, 0.25) is 10.0 Å². The van der Waals surface area contributed by atoms with Gasteiger partial charge < -0.3 is 5.73 Å². The van der Waals surface area contributed by atoms with Gasteiger partial charge >= 0.3 is 0 Å². The van der Waals surface area contributed by atoms with Gasteiger partial charge in [-0.3, -0.25) is 4.68 Å². The maximum Gasteiger partial charge on any atom is 0.246 e. The Bertz CT molecular complexity index is 577. The zero-order chi connectivity index (χ0) is 15.0. The summed E-state index contributed by atoms with van der Waals surface area (Å²) in [7, 11) is -3.58. The normalized spacial score (nSPS) is 22.2. The SMILES string of the molecule is CCCn1cc(S(=O)(=O)NC2CCC(C)(C)C2)c(N)n1. The Morgan fingerprint density at radius 3 is 2.80 bits per heavy atom. The van der Waals surface area contributed by atoms with Crippen LogP contribution in [0.5, 0.6) is 0 Å². The van der Waals surface area contributed by atoms with Crippen molar-refractivity contribution in [3.63, 3.8) is 0 Å². The molecule has 0 aromatic carbocycles. The Morgan fingerprint density at radius 2 is 2.25 bits per heavy atom. The van der Waals surface area contributed by atoms with Crippen molar-refractivity contribution in [3.05, 3.63) is 6.20 Å². The molecule has 6 nitrogen and oxygen atoms in total. The minimum Gasteiger partial charge on any atom is -0.381 e. The first kappa shape index (κ1) is 15.3. The number of sulfonamides is 1. The number of nitrogens with two attached hydrogens (primary N) is 1. The van der Waals surface area contributed by atoms with Crippen LogP contribution < -0.4 is 10.5 Å². The molecule has 0 amide bonds. The molecule has 1 saturated carbocycles. The van der Waals surface area contributed by atoms with E-state index in [1.54, 1.807) is 4.68 Å². The van der Waals surface area contributed by atoms with Crippen LogP contribution in [0.25, 0.3) is 0 Å². The van der Waals surface area contributed by atoms with E-state index in [1.165, 1.54) is 6.20 Å². The molecule has 7 heteroatoms. The van der Waals surface area contributed by atoms with Crippen molar-refractivity contribution >= 4 is 15.8 Å². The summed E-state index contributed by atoms with van der Waals surface area (Å²) in [6, 6.07) is -0.0103. The summed E-state index contributed by atoms with van der Waals surface area (Å²) in [6.45, 7) is 6.99. The van der Waals surface area contributed by atoms with Gasteiger partial charge in [-0.2, -0.15) is 5.10 Å². The molecule has 1 heterocycles. The Balaban J connectivity index is 2.14. The van der Waals surface area contributed by atoms with Crippen molar-refractivity contribution in [1.82, 2.24) is 14.5 Å². The zero-order valence-electron chi connectivity index (χ0n) is 12.4. The van der Waals surface area contributed by atoms with Crippen molar-refractivity contribution in [2.24, 2.45) is 5.41 Å². The molecule has 0 spiro atoms. The molecule has 1 atom stereocenters. The number of aryl methyl sites for hydroxylation is 1. The van der Waals surface area contributed by atoms with Gasteiger partial charge in [-0.25, -0.2) is 13.1 Å². The number of nitrogens with one attached hydrogen (secondary N) is 1. The number of anilines is 1. The highest BCUT2D eigenvalue weighted by molar-refractivity contribution is 7.89. The molecule has 1 aliphatic rings. The summed E-state index contributed by atoms with van der Waals surface area (Å²) in [6.07, 6.45) is 5.15. The lowest BCUT2D eigenvalue weighted by Crippen LogP contribution is -2.33. The minimum atomic E-state index is -3.58. The molecule has 0 aliphatic heterocycles. The number of hydrogen-bond acceptors (Lipinski definition) is 4. The van der Waals surface area contributed by atoms with E-state index in [1.807, 2.05) is 6.92 Å². The summed E-state index contributed by atoms with van der Waals surface area (Å²) in [5.74, 6) is 0.0724. The van der Waals surface area contributed by atoms with Crippen LogP contribution in [0.1, 0.15) is 46.5 Å². The third-order valence-corrected chi connectivity index (χ3v) is 5.32. The minimum absolute atomic E-state index is 0.0103. The van der Waals surface area contributed by atoms with Crippen LogP contribution in [0.3, 0.4) is 0 Å². The van der Waals surface area contributed by atoms with Gasteiger partial charge in [-0.05, 0) is 31.1 Å². The molecule has 0 saturated heterocycles. The van der Waals surface area contributed by atoms with Crippen LogP contribution in [0, 0.1) is 5.41 Å². The number of nitrogen functional groups attached to an aromatic ring is 1. The molecule has 114 valence electrons. The smallest absolute Gasteiger partial charge is 0.246 e. The lowest BCUT2D eigenvalue weighted by molar-refractivity contribution is 0.372. The molecule has 0 radical (unpaired) electrons. The molecule has 1 aliphatic carbocycles. The fraction of sp³-hybridized carbons (Fsp3) is 0.769. The Morgan fingerprint density at radius 1 is 1.55 bits per heavy atom. The molecular weight excluding hydrogens is 276 g/mol. The van der Waals surface area contributed by atoms with E-state index in [4.69, 9.17) is 5.73 Å². The lowest BCUT2D eigenvalue weighted by atomic mass is 9.92. The van der Waals surface area contributed by atoms with Gasteiger partial charge in [0, 0.05) is 18.8 Å². The second kappa shape index (κ2) is 5.37. The molecule has 1 aromatic rings. The van der Waals surface area contributed by atoms with E-state index >= 15 is 0 Å². The third kappa shape index (κ3) is 3.32. The van der Waals surface area contributed by atoms with E-state index in [0.717, 1.165) is 25.7 Å². The lowest BCUT2D eigenvalue weighted by Gasteiger charge is -2.17.